The number of piperazine rings is 1. The van der Waals surface area contributed by atoms with Gasteiger partial charge in [0.05, 0.1) is 25.4 Å². The number of morpholine rings is 1. The van der Waals surface area contributed by atoms with Gasteiger partial charge in [0.25, 0.3) is 0 Å². The average molecular weight is 642 g/mol. The molecule has 4 saturated heterocycles. The Morgan fingerprint density at radius 2 is 1.89 bits per heavy atom. The molecule has 0 amide bonds. The van der Waals surface area contributed by atoms with Crippen LogP contribution >= 0.6 is 0 Å². The van der Waals surface area contributed by atoms with Gasteiger partial charge in [0, 0.05) is 54.8 Å². The lowest BCUT2D eigenvalue weighted by molar-refractivity contribution is -0.0161. The van der Waals surface area contributed by atoms with Crippen molar-refractivity contribution in [3.8, 4) is 18.4 Å². The molecule has 7 rings (SSSR count). The number of allylic oxidation sites excluding steroid dienone is 2. The molecule has 3 aromatic rings. The first-order valence-electron chi connectivity index (χ1n) is 16.6. The highest BCUT2D eigenvalue weighted by molar-refractivity contribution is 5.93. The van der Waals surface area contributed by atoms with Gasteiger partial charge in [0.1, 0.15) is 22.9 Å². The number of halogens is 2. The molecule has 2 aromatic carbocycles. The number of aromatic nitrogens is 2. The topological polar surface area (TPSA) is 83.0 Å². The predicted molar refractivity (Wildman–Crippen MR) is 179 cm³/mol. The van der Waals surface area contributed by atoms with Crippen molar-refractivity contribution in [2.45, 2.75) is 70.1 Å². The summed E-state index contributed by atoms with van der Waals surface area (Å²) in [6, 6.07) is 8.34. The monoisotopic (exact) mass is 641 g/mol. The molecule has 4 aliphatic rings. The van der Waals surface area contributed by atoms with E-state index < -0.39 is 11.6 Å². The number of benzene rings is 2. The predicted octanol–water partition coefficient (Wildman–Crippen LogP) is 5.77. The number of nitrogens with one attached hydrogen (secondary N) is 1. The van der Waals surface area contributed by atoms with Gasteiger partial charge in [-0.15, -0.1) is 6.42 Å². The molecule has 0 spiro atoms. The van der Waals surface area contributed by atoms with E-state index >= 15 is 8.78 Å². The van der Waals surface area contributed by atoms with Crippen LogP contribution in [0.15, 0.2) is 36.1 Å². The van der Waals surface area contributed by atoms with E-state index in [9.17, 15) is 5.11 Å². The van der Waals surface area contributed by atoms with Gasteiger partial charge in [-0.3, -0.25) is 4.90 Å². The Bertz CT molecular complexity index is 1760. The number of terminal acetylenes is 1. The van der Waals surface area contributed by atoms with Gasteiger partial charge in [-0.25, -0.2) is 8.78 Å². The van der Waals surface area contributed by atoms with Crippen molar-refractivity contribution in [2.75, 3.05) is 44.4 Å². The zero-order valence-electron chi connectivity index (χ0n) is 26.9. The van der Waals surface area contributed by atoms with E-state index in [1.807, 2.05) is 19.1 Å². The second-order valence-electron chi connectivity index (χ2n) is 13.2. The molecule has 1 aromatic heterocycles. The summed E-state index contributed by atoms with van der Waals surface area (Å²) in [6.45, 7) is 7.61. The van der Waals surface area contributed by atoms with Gasteiger partial charge in [-0.05, 0) is 86.9 Å². The molecule has 0 saturated carbocycles. The summed E-state index contributed by atoms with van der Waals surface area (Å²) in [5, 5.41) is 14.7. The number of hydrogen-bond acceptors (Lipinski definition) is 8. The van der Waals surface area contributed by atoms with Crippen molar-refractivity contribution < 1.29 is 23.4 Å². The number of rotatable bonds is 9. The zero-order chi connectivity index (χ0) is 32.7. The van der Waals surface area contributed by atoms with Gasteiger partial charge in [0.2, 0.25) is 0 Å². The normalized spacial score (nSPS) is 24.6. The minimum Gasteiger partial charge on any atom is -0.508 e. The van der Waals surface area contributed by atoms with Gasteiger partial charge in [-0.1, -0.05) is 18.1 Å². The highest BCUT2D eigenvalue weighted by Crippen LogP contribution is 2.36. The second kappa shape index (κ2) is 13.2. The number of ether oxygens (including phenoxy) is 2. The number of anilines is 1. The first-order valence-corrected chi connectivity index (χ1v) is 16.6. The highest BCUT2D eigenvalue weighted by atomic mass is 19.1. The van der Waals surface area contributed by atoms with E-state index in [0.717, 1.165) is 57.4 Å². The molecule has 10 heteroatoms. The summed E-state index contributed by atoms with van der Waals surface area (Å²) >= 11 is 0. The molecule has 2 N–H and O–H groups in total. The van der Waals surface area contributed by atoms with E-state index in [4.69, 9.17) is 20.9 Å². The zero-order valence-corrected chi connectivity index (χ0v) is 26.9. The lowest BCUT2D eigenvalue weighted by Crippen LogP contribution is -2.51. The Balaban J connectivity index is 1.19. The summed E-state index contributed by atoms with van der Waals surface area (Å²) in [6.07, 6.45) is 13.7. The number of aliphatic hydroxyl groups excluding tert-OH is 1. The maximum atomic E-state index is 16.4. The van der Waals surface area contributed by atoms with Crippen LogP contribution in [0.5, 0.6) is 6.01 Å². The highest BCUT2D eigenvalue weighted by Gasteiger charge is 2.37. The molecule has 4 atom stereocenters. The Hall–Kier alpha value is -4.04. The minimum atomic E-state index is -0.816. The van der Waals surface area contributed by atoms with Crippen LogP contribution in [0.4, 0.5) is 14.6 Å². The van der Waals surface area contributed by atoms with Crippen molar-refractivity contribution in [3.63, 3.8) is 0 Å². The lowest BCUT2D eigenvalue weighted by Gasteiger charge is -2.34. The van der Waals surface area contributed by atoms with Crippen molar-refractivity contribution in [1.29, 1.82) is 0 Å². The summed E-state index contributed by atoms with van der Waals surface area (Å²) in [7, 11) is 0. The van der Waals surface area contributed by atoms with Crippen LogP contribution in [0.3, 0.4) is 0 Å². The second-order valence-corrected chi connectivity index (χ2v) is 13.2. The summed E-state index contributed by atoms with van der Waals surface area (Å²) < 4.78 is 44.1. The van der Waals surface area contributed by atoms with Crippen LogP contribution in [0.2, 0.25) is 0 Å². The number of nitrogens with zero attached hydrogens (tertiary/aromatic N) is 4. The fourth-order valence-corrected chi connectivity index (χ4v) is 7.75. The van der Waals surface area contributed by atoms with Crippen LogP contribution in [0.1, 0.15) is 61.3 Å². The van der Waals surface area contributed by atoms with E-state index in [1.54, 1.807) is 13.0 Å². The molecular weight excluding hydrogens is 600 g/mol. The molecule has 0 radical (unpaired) electrons. The van der Waals surface area contributed by atoms with Crippen molar-refractivity contribution >= 4 is 28.4 Å². The first-order chi connectivity index (χ1) is 22.8. The van der Waals surface area contributed by atoms with Crippen molar-refractivity contribution in [2.24, 2.45) is 0 Å². The SMILES string of the molecule is C#Cc1cccc(/C=C(O)\C=C(/C)c2c(F)cc3c(N4CC5CCC(C4)N5)nc(OCCCN4C5CCC4COC5)nc3c2F)c1C. The standard InChI is InChI=1S/C37H41F2N5O3/c1-4-24-7-5-8-25(23(24)3)16-30(45)15-22(2)33-32(38)17-31-35(34(33)39)41-37(42-36(31)43-18-26-9-10-27(19-43)40-26)47-14-6-13-44-28-11-12-29(44)21-46-20-28/h1,5,7-8,15-17,26-29,40,45H,6,9-14,18-21H2,2-3H3/b22-15+,30-16+. The molecule has 4 unspecified atom stereocenters. The summed E-state index contributed by atoms with van der Waals surface area (Å²) in [5.41, 5.74) is 2.19. The van der Waals surface area contributed by atoms with Crippen molar-refractivity contribution in [3.05, 3.63) is 70.0 Å². The third kappa shape index (κ3) is 6.32. The lowest BCUT2D eigenvalue weighted by atomic mass is 10.00. The Labute approximate surface area is 274 Å². The summed E-state index contributed by atoms with van der Waals surface area (Å²) in [5.74, 6) is 1.38. The molecule has 47 heavy (non-hydrogen) atoms. The molecule has 4 aliphatic heterocycles. The molecule has 0 aliphatic carbocycles. The van der Waals surface area contributed by atoms with E-state index in [0.29, 0.717) is 66.2 Å². The fraction of sp³-hybridized carbons (Fsp3) is 0.459. The molecule has 8 nitrogen and oxygen atoms in total. The third-order valence-electron chi connectivity index (χ3n) is 10.1. The Kier molecular flexibility index (Phi) is 8.88. The minimum absolute atomic E-state index is 0.00714. The first kappa shape index (κ1) is 31.6. The number of hydrogen-bond donors (Lipinski definition) is 2. The molecular formula is C37H41F2N5O3. The van der Waals surface area contributed by atoms with Gasteiger partial charge >= 0.3 is 6.01 Å². The van der Waals surface area contributed by atoms with Crippen LogP contribution in [0.25, 0.3) is 22.6 Å². The maximum Gasteiger partial charge on any atom is 0.319 e. The van der Waals surface area contributed by atoms with Gasteiger partial charge < -0.3 is 24.8 Å². The smallest absolute Gasteiger partial charge is 0.319 e. The fourth-order valence-electron chi connectivity index (χ4n) is 7.75. The van der Waals surface area contributed by atoms with Gasteiger partial charge in [0.15, 0.2) is 5.82 Å². The van der Waals surface area contributed by atoms with E-state index in [-0.39, 0.29) is 28.4 Å². The number of fused-ring (bicyclic) bond motifs is 5. The van der Waals surface area contributed by atoms with Crippen LogP contribution in [0, 0.1) is 30.9 Å². The van der Waals surface area contributed by atoms with E-state index in [2.05, 4.69) is 26.0 Å². The largest absolute Gasteiger partial charge is 0.508 e. The summed E-state index contributed by atoms with van der Waals surface area (Å²) in [4.78, 5) is 13.9. The molecule has 4 fully saturated rings. The van der Waals surface area contributed by atoms with E-state index in [1.165, 1.54) is 18.2 Å². The molecule has 246 valence electrons. The average Bonchev–Trinajstić information content (AvgIpc) is 3.50. The van der Waals surface area contributed by atoms with Crippen LogP contribution < -0.4 is 15.0 Å². The maximum absolute atomic E-state index is 16.4. The number of aliphatic hydroxyl groups is 1. The molecule has 4 bridgehead atoms. The Morgan fingerprint density at radius 3 is 2.62 bits per heavy atom. The van der Waals surface area contributed by atoms with Crippen LogP contribution in [-0.4, -0.2) is 83.6 Å². The van der Waals surface area contributed by atoms with Gasteiger partial charge in [-0.2, -0.15) is 9.97 Å². The van der Waals surface area contributed by atoms with Crippen LogP contribution in [-0.2, 0) is 4.74 Å². The van der Waals surface area contributed by atoms with Crippen molar-refractivity contribution in [1.82, 2.24) is 20.2 Å². The molecule has 5 heterocycles. The Morgan fingerprint density at radius 1 is 1.15 bits per heavy atom. The quantitative estimate of drug-likeness (QED) is 0.132. The third-order valence-corrected chi connectivity index (χ3v) is 10.1.